The first-order chi connectivity index (χ1) is 7.21. The average molecular weight is 216 g/mol. The van der Waals surface area contributed by atoms with Gasteiger partial charge in [-0.25, -0.2) is 0 Å². The molecule has 3 heteroatoms. The number of allylic oxidation sites excluding steroid dienone is 1. The van der Waals surface area contributed by atoms with Gasteiger partial charge in [-0.05, 0) is 29.8 Å². The lowest BCUT2D eigenvalue weighted by molar-refractivity contribution is 0.893. The number of hydrogen-bond acceptors (Lipinski definition) is 3. The summed E-state index contributed by atoms with van der Waals surface area (Å²) in [6.07, 6.45) is 6.32. The molecule has 0 spiro atoms. The summed E-state index contributed by atoms with van der Waals surface area (Å²) in [6.45, 7) is 0. The minimum absolute atomic E-state index is 0.135. The lowest BCUT2D eigenvalue weighted by atomic mass is 9.92. The highest BCUT2D eigenvalue weighted by molar-refractivity contribution is 8.08. The number of anilines is 1. The van der Waals surface area contributed by atoms with E-state index in [1.807, 2.05) is 30.0 Å². The summed E-state index contributed by atoms with van der Waals surface area (Å²) >= 11 is 1.93. The monoisotopic (exact) mass is 216 g/mol. The van der Waals surface area contributed by atoms with Crippen LogP contribution in [0.1, 0.15) is 5.56 Å². The number of fused-ring (bicyclic) bond motifs is 1. The third-order valence-corrected chi connectivity index (χ3v) is 4.44. The number of rotatable bonds is 1. The molecule has 0 amide bonds. The van der Waals surface area contributed by atoms with Gasteiger partial charge in [0.1, 0.15) is 0 Å². The Kier molecular flexibility index (Phi) is 1.68. The first-order valence-corrected chi connectivity index (χ1v) is 5.79. The van der Waals surface area contributed by atoms with Gasteiger partial charge in [0.25, 0.3) is 0 Å². The Labute approximate surface area is 93.0 Å². The van der Waals surface area contributed by atoms with Gasteiger partial charge in [0.15, 0.2) is 0 Å². The number of thioether (sulfide) groups is 1. The van der Waals surface area contributed by atoms with Crippen LogP contribution in [-0.2, 0) is 4.75 Å². The van der Waals surface area contributed by atoms with Crippen molar-refractivity contribution in [2.75, 3.05) is 5.73 Å². The van der Waals surface area contributed by atoms with Crippen LogP contribution in [-0.4, -0.2) is 5.25 Å². The molecular weight excluding hydrogens is 204 g/mol. The fraction of sp³-hybridized carbons (Fsp3) is 0.167. The van der Waals surface area contributed by atoms with E-state index in [0.717, 1.165) is 11.4 Å². The number of nitrogen functional groups attached to an aromatic ring is 1. The van der Waals surface area contributed by atoms with Crippen molar-refractivity contribution in [1.82, 2.24) is 0 Å². The van der Waals surface area contributed by atoms with Gasteiger partial charge < -0.3 is 11.5 Å². The van der Waals surface area contributed by atoms with E-state index in [0.29, 0.717) is 5.25 Å². The topological polar surface area (TPSA) is 52.0 Å². The Morgan fingerprint density at radius 3 is 2.53 bits per heavy atom. The van der Waals surface area contributed by atoms with Gasteiger partial charge in [0.2, 0.25) is 0 Å². The SMILES string of the molecule is NC1=CC2SC2(c2ccc(N)cc2)C=C1. The van der Waals surface area contributed by atoms with Crippen LogP contribution in [0.25, 0.3) is 0 Å². The Morgan fingerprint density at radius 1 is 1.13 bits per heavy atom. The molecule has 2 aliphatic rings. The standard InChI is InChI=1S/C12H12N2S/c13-9-3-1-8(2-4-9)12-6-5-10(14)7-11(12)15-12/h1-7,11H,13-14H2. The fourth-order valence-corrected chi connectivity index (χ4v) is 3.27. The van der Waals surface area contributed by atoms with Crippen molar-refractivity contribution in [2.24, 2.45) is 5.73 Å². The minimum atomic E-state index is 0.135. The number of benzene rings is 1. The van der Waals surface area contributed by atoms with Gasteiger partial charge in [0.05, 0.1) is 4.75 Å². The van der Waals surface area contributed by atoms with Crippen LogP contribution in [0.2, 0.25) is 0 Å². The van der Waals surface area contributed by atoms with Crippen LogP contribution in [0.3, 0.4) is 0 Å². The molecule has 1 saturated heterocycles. The molecule has 0 saturated carbocycles. The Morgan fingerprint density at radius 2 is 1.87 bits per heavy atom. The predicted octanol–water partition coefficient (Wildman–Crippen LogP) is 1.99. The van der Waals surface area contributed by atoms with Crippen LogP contribution in [0.4, 0.5) is 5.69 Å². The maximum Gasteiger partial charge on any atom is 0.0753 e. The predicted molar refractivity (Wildman–Crippen MR) is 65.3 cm³/mol. The highest BCUT2D eigenvalue weighted by atomic mass is 32.2. The molecule has 1 fully saturated rings. The highest BCUT2D eigenvalue weighted by Crippen LogP contribution is 2.64. The van der Waals surface area contributed by atoms with Crippen LogP contribution in [0.5, 0.6) is 0 Å². The zero-order valence-electron chi connectivity index (χ0n) is 8.18. The Hall–Kier alpha value is -1.35. The second-order valence-corrected chi connectivity index (χ2v) is 5.37. The van der Waals surface area contributed by atoms with Crippen LogP contribution in [0.15, 0.2) is 48.2 Å². The molecule has 76 valence electrons. The quantitative estimate of drug-likeness (QED) is 0.557. The second kappa shape index (κ2) is 2.83. The fourth-order valence-electron chi connectivity index (χ4n) is 1.99. The molecule has 15 heavy (non-hydrogen) atoms. The lowest BCUT2D eigenvalue weighted by Crippen LogP contribution is -2.13. The molecule has 1 heterocycles. The van der Waals surface area contributed by atoms with E-state index >= 15 is 0 Å². The lowest BCUT2D eigenvalue weighted by Gasteiger charge is -2.13. The number of hydrogen-bond donors (Lipinski definition) is 2. The Bertz CT molecular complexity index is 461. The first kappa shape index (κ1) is 8.92. The van der Waals surface area contributed by atoms with E-state index in [1.54, 1.807) is 0 Å². The molecule has 1 aromatic rings. The molecule has 1 aromatic carbocycles. The molecule has 2 nitrogen and oxygen atoms in total. The summed E-state index contributed by atoms with van der Waals surface area (Å²) in [4.78, 5) is 0. The molecule has 2 unspecified atom stereocenters. The van der Waals surface area contributed by atoms with Gasteiger partial charge in [-0.3, -0.25) is 0 Å². The highest BCUT2D eigenvalue weighted by Gasteiger charge is 2.54. The van der Waals surface area contributed by atoms with Crippen molar-refractivity contribution < 1.29 is 0 Å². The maximum absolute atomic E-state index is 5.75. The molecule has 0 bridgehead atoms. The Balaban J connectivity index is 1.98. The van der Waals surface area contributed by atoms with Crippen molar-refractivity contribution >= 4 is 17.4 Å². The van der Waals surface area contributed by atoms with E-state index in [1.165, 1.54) is 5.56 Å². The van der Waals surface area contributed by atoms with Gasteiger partial charge in [-0.2, -0.15) is 0 Å². The van der Waals surface area contributed by atoms with Crippen molar-refractivity contribution in [2.45, 2.75) is 10.00 Å². The largest absolute Gasteiger partial charge is 0.399 e. The van der Waals surface area contributed by atoms with Crippen molar-refractivity contribution in [3.8, 4) is 0 Å². The van der Waals surface area contributed by atoms with Gasteiger partial charge in [-0.15, -0.1) is 11.8 Å². The van der Waals surface area contributed by atoms with Crippen molar-refractivity contribution in [1.29, 1.82) is 0 Å². The molecule has 0 radical (unpaired) electrons. The smallest absolute Gasteiger partial charge is 0.0753 e. The number of nitrogens with two attached hydrogens (primary N) is 2. The zero-order valence-corrected chi connectivity index (χ0v) is 9.00. The third kappa shape index (κ3) is 1.27. The van der Waals surface area contributed by atoms with Gasteiger partial charge in [-0.1, -0.05) is 18.2 Å². The summed E-state index contributed by atoms with van der Waals surface area (Å²) in [5.41, 5.74) is 14.4. The van der Waals surface area contributed by atoms with E-state index < -0.39 is 0 Å². The average Bonchev–Trinajstić information content (AvgIpc) is 2.93. The van der Waals surface area contributed by atoms with Crippen LogP contribution in [0, 0.1) is 0 Å². The summed E-state index contributed by atoms with van der Waals surface area (Å²) in [5.74, 6) is 0. The summed E-state index contributed by atoms with van der Waals surface area (Å²) < 4.78 is 0.135. The maximum atomic E-state index is 5.75. The van der Waals surface area contributed by atoms with Crippen LogP contribution >= 0.6 is 11.8 Å². The van der Waals surface area contributed by atoms with E-state index in [4.69, 9.17) is 11.5 Å². The normalized spacial score (nSPS) is 32.0. The third-order valence-electron chi connectivity index (χ3n) is 2.92. The van der Waals surface area contributed by atoms with Crippen molar-refractivity contribution in [3.05, 3.63) is 53.8 Å². The molecule has 1 aliphatic heterocycles. The van der Waals surface area contributed by atoms with Gasteiger partial charge >= 0.3 is 0 Å². The molecule has 0 aromatic heterocycles. The molecule has 1 aliphatic carbocycles. The molecule has 4 N–H and O–H groups in total. The zero-order chi connectivity index (χ0) is 10.5. The second-order valence-electron chi connectivity index (χ2n) is 3.95. The summed E-state index contributed by atoms with van der Waals surface area (Å²) in [6, 6.07) is 8.11. The summed E-state index contributed by atoms with van der Waals surface area (Å²) in [5, 5.41) is 0.506. The van der Waals surface area contributed by atoms with Crippen LogP contribution < -0.4 is 11.5 Å². The van der Waals surface area contributed by atoms with E-state index in [9.17, 15) is 0 Å². The van der Waals surface area contributed by atoms with Gasteiger partial charge in [0, 0.05) is 16.6 Å². The van der Waals surface area contributed by atoms with Crippen molar-refractivity contribution in [3.63, 3.8) is 0 Å². The van der Waals surface area contributed by atoms with E-state index in [-0.39, 0.29) is 4.75 Å². The molecule has 2 atom stereocenters. The summed E-state index contributed by atoms with van der Waals surface area (Å²) in [7, 11) is 0. The molecule has 3 rings (SSSR count). The minimum Gasteiger partial charge on any atom is -0.399 e. The molecular formula is C12H12N2S. The first-order valence-electron chi connectivity index (χ1n) is 4.91. The van der Waals surface area contributed by atoms with E-state index in [2.05, 4.69) is 24.3 Å².